The van der Waals surface area contributed by atoms with E-state index in [1.54, 1.807) is 30.3 Å². The normalized spacial score (nSPS) is 14.6. The molecule has 0 atom stereocenters. The van der Waals surface area contributed by atoms with Crippen molar-refractivity contribution in [2.75, 3.05) is 13.7 Å². The number of hydrogen-bond donors (Lipinski definition) is 0. The first kappa shape index (κ1) is 24.5. The van der Waals surface area contributed by atoms with Crippen LogP contribution >= 0.6 is 0 Å². The van der Waals surface area contributed by atoms with Gasteiger partial charge in [0, 0.05) is 19.7 Å². The molecular weight excluding hydrogens is 481 g/mol. The Hall–Kier alpha value is -2.60. The van der Waals surface area contributed by atoms with Crippen LogP contribution in [-0.4, -0.2) is 50.5 Å². The lowest BCUT2D eigenvalue weighted by atomic mass is 10.2. The SMILES string of the molecule is COCCn1c(CN(C2CC2)S(=O)(=O)c2ccccc2)cnc1S(=O)(=O)Cc1ccc(F)cc1. The molecule has 0 saturated heterocycles. The summed E-state index contributed by atoms with van der Waals surface area (Å²) in [6.07, 6.45) is 2.89. The molecule has 1 fully saturated rings. The van der Waals surface area contributed by atoms with Crippen LogP contribution in [0.1, 0.15) is 24.1 Å². The van der Waals surface area contributed by atoms with Crippen molar-refractivity contribution in [1.29, 1.82) is 0 Å². The molecule has 4 rings (SSSR count). The number of nitrogens with zero attached hydrogens (tertiary/aromatic N) is 3. The third-order valence-electron chi connectivity index (χ3n) is 5.59. The molecule has 0 radical (unpaired) electrons. The van der Waals surface area contributed by atoms with Gasteiger partial charge in [0.15, 0.2) is 0 Å². The Kier molecular flexibility index (Phi) is 7.17. The van der Waals surface area contributed by atoms with Crippen molar-refractivity contribution >= 4 is 19.9 Å². The van der Waals surface area contributed by atoms with Crippen LogP contribution in [0.25, 0.3) is 0 Å². The van der Waals surface area contributed by atoms with Gasteiger partial charge in [-0.2, -0.15) is 4.31 Å². The molecule has 1 aliphatic rings. The van der Waals surface area contributed by atoms with Crippen molar-refractivity contribution in [3.05, 3.63) is 77.9 Å². The summed E-state index contributed by atoms with van der Waals surface area (Å²) in [5.41, 5.74) is 0.886. The molecule has 1 heterocycles. The summed E-state index contributed by atoms with van der Waals surface area (Å²) >= 11 is 0. The number of aromatic nitrogens is 2. The standard InChI is InChI=1S/C23H26FN3O5S2/c1-32-14-13-26-21(15-25-23(26)33(28,29)17-18-7-9-19(24)10-8-18)16-27(20-11-12-20)34(30,31)22-5-3-2-4-6-22/h2-10,15,20H,11-14,16-17H2,1H3. The van der Waals surface area contributed by atoms with Gasteiger partial charge in [0.05, 0.1) is 35.7 Å². The van der Waals surface area contributed by atoms with Crippen LogP contribution < -0.4 is 0 Å². The first-order valence-electron chi connectivity index (χ1n) is 10.8. The van der Waals surface area contributed by atoms with Crippen LogP contribution in [0.15, 0.2) is 70.8 Å². The number of benzene rings is 2. The molecule has 0 spiro atoms. The van der Waals surface area contributed by atoms with Gasteiger partial charge in [-0.25, -0.2) is 26.2 Å². The molecule has 2 aromatic carbocycles. The molecule has 0 amide bonds. The number of halogens is 1. The molecule has 8 nitrogen and oxygen atoms in total. The summed E-state index contributed by atoms with van der Waals surface area (Å²) in [5, 5.41) is -0.170. The van der Waals surface area contributed by atoms with Crippen molar-refractivity contribution in [2.45, 2.75) is 47.8 Å². The third-order valence-corrected chi connectivity index (χ3v) is 9.10. The number of sulfonamides is 1. The fourth-order valence-corrected chi connectivity index (χ4v) is 6.91. The second kappa shape index (κ2) is 9.95. The van der Waals surface area contributed by atoms with Crippen molar-refractivity contribution in [3.63, 3.8) is 0 Å². The van der Waals surface area contributed by atoms with Gasteiger partial charge >= 0.3 is 0 Å². The lowest BCUT2D eigenvalue weighted by Gasteiger charge is -2.23. The Morgan fingerprint density at radius 3 is 2.35 bits per heavy atom. The molecule has 1 aliphatic carbocycles. The van der Waals surface area contributed by atoms with Crippen LogP contribution in [0.5, 0.6) is 0 Å². The summed E-state index contributed by atoms with van der Waals surface area (Å²) in [7, 11) is -6.17. The highest BCUT2D eigenvalue weighted by molar-refractivity contribution is 7.90. The lowest BCUT2D eigenvalue weighted by Crippen LogP contribution is -2.33. The van der Waals surface area contributed by atoms with Crippen LogP contribution in [0.2, 0.25) is 0 Å². The van der Waals surface area contributed by atoms with Gasteiger partial charge in [-0.1, -0.05) is 30.3 Å². The molecule has 1 aromatic heterocycles. The van der Waals surface area contributed by atoms with Gasteiger partial charge in [-0.05, 0) is 42.7 Å². The number of methoxy groups -OCH3 is 1. The van der Waals surface area contributed by atoms with Crippen LogP contribution in [-0.2, 0) is 43.4 Å². The minimum Gasteiger partial charge on any atom is -0.383 e. The number of hydrogen-bond acceptors (Lipinski definition) is 6. The third kappa shape index (κ3) is 5.38. The fourth-order valence-electron chi connectivity index (χ4n) is 3.71. The fraction of sp³-hybridized carbons (Fsp3) is 0.348. The summed E-state index contributed by atoms with van der Waals surface area (Å²) in [6.45, 7) is 0.398. The quantitative estimate of drug-likeness (QED) is 0.396. The largest absolute Gasteiger partial charge is 0.383 e. The monoisotopic (exact) mass is 507 g/mol. The van der Waals surface area contributed by atoms with Gasteiger partial charge in [-0.3, -0.25) is 0 Å². The van der Waals surface area contributed by atoms with E-state index in [-0.39, 0.29) is 41.5 Å². The van der Waals surface area contributed by atoms with Crippen LogP contribution in [0.3, 0.4) is 0 Å². The second-order valence-corrected chi connectivity index (χ2v) is 11.9. The lowest BCUT2D eigenvalue weighted by molar-refractivity contribution is 0.182. The van der Waals surface area contributed by atoms with Gasteiger partial charge in [-0.15, -0.1) is 0 Å². The molecule has 11 heteroatoms. The average molecular weight is 508 g/mol. The predicted octanol–water partition coefficient (Wildman–Crippen LogP) is 3.00. The van der Waals surface area contributed by atoms with Gasteiger partial charge in [0.1, 0.15) is 5.82 Å². The highest BCUT2D eigenvalue weighted by Crippen LogP contribution is 2.34. The number of ether oxygens (including phenoxy) is 1. The predicted molar refractivity (Wildman–Crippen MR) is 124 cm³/mol. The molecule has 34 heavy (non-hydrogen) atoms. The van der Waals surface area contributed by atoms with E-state index in [4.69, 9.17) is 4.74 Å². The first-order chi connectivity index (χ1) is 16.2. The molecular formula is C23H26FN3O5S2. The molecule has 3 aromatic rings. The smallest absolute Gasteiger partial charge is 0.243 e. The summed E-state index contributed by atoms with van der Waals surface area (Å²) in [4.78, 5) is 4.35. The van der Waals surface area contributed by atoms with E-state index in [9.17, 15) is 21.2 Å². The van der Waals surface area contributed by atoms with Crippen LogP contribution in [0, 0.1) is 5.82 Å². The molecule has 0 unspecified atom stereocenters. The van der Waals surface area contributed by atoms with E-state index >= 15 is 0 Å². The maximum atomic E-state index is 13.3. The highest BCUT2D eigenvalue weighted by Gasteiger charge is 2.39. The zero-order valence-electron chi connectivity index (χ0n) is 18.7. The van der Waals surface area contributed by atoms with Gasteiger partial charge in [0.25, 0.3) is 0 Å². The van der Waals surface area contributed by atoms with E-state index in [1.165, 1.54) is 46.4 Å². The van der Waals surface area contributed by atoms with Crippen molar-refractivity contribution in [3.8, 4) is 0 Å². The van der Waals surface area contributed by atoms with Crippen molar-refractivity contribution < 1.29 is 26.0 Å². The van der Waals surface area contributed by atoms with E-state index in [2.05, 4.69) is 4.98 Å². The van der Waals surface area contributed by atoms with E-state index in [0.717, 1.165) is 12.8 Å². The highest BCUT2D eigenvalue weighted by atomic mass is 32.2. The molecule has 182 valence electrons. The Morgan fingerprint density at radius 2 is 1.74 bits per heavy atom. The minimum absolute atomic E-state index is 0.00925. The second-order valence-electron chi connectivity index (χ2n) is 8.16. The Morgan fingerprint density at radius 1 is 1.06 bits per heavy atom. The molecule has 1 saturated carbocycles. The zero-order valence-corrected chi connectivity index (χ0v) is 20.3. The Bertz CT molecular complexity index is 1340. The van der Waals surface area contributed by atoms with Crippen molar-refractivity contribution in [2.24, 2.45) is 0 Å². The molecule has 0 N–H and O–H groups in total. The Balaban J connectivity index is 1.67. The molecule has 0 aliphatic heterocycles. The maximum Gasteiger partial charge on any atom is 0.243 e. The summed E-state index contributed by atoms with van der Waals surface area (Å²) < 4.78 is 74.3. The van der Waals surface area contributed by atoms with E-state index < -0.39 is 25.7 Å². The van der Waals surface area contributed by atoms with Gasteiger partial charge < -0.3 is 9.30 Å². The van der Waals surface area contributed by atoms with Gasteiger partial charge in [0.2, 0.25) is 25.0 Å². The Labute approximate surface area is 199 Å². The van der Waals surface area contributed by atoms with Crippen LogP contribution in [0.4, 0.5) is 4.39 Å². The number of sulfone groups is 1. The average Bonchev–Trinajstić information content (AvgIpc) is 3.57. The molecule has 0 bridgehead atoms. The van der Waals surface area contributed by atoms with E-state index in [0.29, 0.717) is 11.3 Å². The summed E-state index contributed by atoms with van der Waals surface area (Å²) in [5.74, 6) is -0.810. The zero-order chi connectivity index (χ0) is 24.3. The topological polar surface area (TPSA) is 98.6 Å². The minimum atomic E-state index is -3.89. The summed E-state index contributed by atoms with van der Waals surface area (Å²) in [6, 6.07) is 13.3. The van der Waals surface area contributed by atoms with Crippen molar-refractivity contribution in [1.82, 2.24) is 13.9 Å². The maximum absolute atomic E-state index is 13.3. The van der Waals surface area contributed by atoms with E-state index in [1.807, 2.05) is 0 Å². The first-order valence-corrected chi connectivity index (χ1v) is 13.9. The number of imidazole rings is 1. The number of rotatable bonds is 11.